The second-order valence-electron chi connectivity index (χ2n) is 4.22. The van der Waals surface area contributed by atoms with Gasteiger partial charge in [0.05, 0.1) is 0 Å². The van der Waals surface area contributed by atoms with Crippen molar-refractivity contribution in [2.75, 3.05) is 0 Å². The first kappa shape index (κ1) is 12.9. The molecule has 0 unspecified atom stereocenters. The third kappa shape index (κ3) is 3.76. The van der Waals surface area contributed by atoms with Gasteiger partial charge in [-0.25, -0.2) is 0 Å². The number of benzene rings is 2. The van der Waals surface area contributed by atoms with Crippen LogP contribution in [0.4, 0.5) is 0 Å². The summed E-state index contributed by atoms with van der Waals surface area (Å²) in [6, 6.07) is 15.5. The third-order valence-corrected chi connectivity index (χ3v) is 3.08. The Balaban J connectivity index is 1.82. The van der Waals surface area contributed by atoms with Gasteiger partial charge < -0.3 is 10.4 Å². The molecule has 0 atom stereocenters. The zero-order valence-electron chi connectivity index (χ0n) is 10.1. The predicted molar refractivity (Wildman–Crippen MR) is 74.6 cm³/mol. The molecule has 3 heteroatoms. The zero-order chi connectivity index (χ0) is 12.8. The Morgan fingerprint density at radius 3 is 1.72 bits per heavy atom. The number of phenols is 1. The van der Waals surface area contributed by atoms with Crippen LogP contribution in [0.3, 0.4) is 0 Å². The summed E-state index contributed by atoms with van der Waals surface area (Å²) in [6.07, 6.45) is 0. The highest BCUT2D eigenvalue weighted by Gasteiger charge is 1.96. The quantitative estimate of drug-likeness (QED) is 0.809. The Labute approximate surface area is 112 Å². The van der Waals surface area contributed by atoms with Crippen LogP contribution in [0.2, 0.25) is 0 Å². The minimum absolute atomic E-state index is 0.301. The fourth-order valence-corrected chi connectivity index (χ4v) is 1.89. The first-order valence-corrected chi connectivity index (χ1v) is 6.44. The van der Waals surface area contributed by atoms with E-state index in [4.69, 9.17) is 11.6 Å². The molecule has 2 aromatic carbocycles. The van der Waals surface area contributed by atoms with Gasteiger partial charge in [-0.2, -0.15) is 0 Å². The summed E-state index contributed by atoms with van der Waals surface area (Å²) in [5, 5.41) is 12.5. The Hall–Kier alpha value is -1.51. The molecular formula is C15H16ClNO. The van der Waals surface area contributed by atoms with E-state index in [1.165, 1.54) is 5.56 Å². The fourth-order valence-electron chi connectivity index (χ4n) is 1.71. The van der Waals surface area contributed by atoms with Crippen molar-refractivity contribution in [1.29, 1.82) is 0 Å². The molecule has 0 fully saturated rings. The van der Waals surface area contributed by atoms with Crippen LogP contribution in [0.15, 0.2) is 48.5 Å². The molecule has 0 heterocycles. The molecule has 2 aromatic rings. The molecule has 94 valence electrons. The maximum atomic E-state index is 9.18. The molecule has 0 saturated carbocycles. The van der Waals surface area contributed by atoms with Crippen LogP contribution in [0.5, 0.6) is 5.75 Å². The SMILES string of the molecule is Oc1ccc(CNCc2ccc(CCl)cc2)cc1. The van der Waals surface area contributed by atoms with Crippen LogP contribution in [-0.2, 0) is 19.0 Å². The number of aromatic hydroxyl groups is 1. The maximum absolute atomic E-state index is 9.18. The van der Waals surface area contributed by atoms with E-state index < -0.39 is 0 Å². The van der Waals surface area contributed by atoms with Gasteiger partial charge in [0, 0.05) is 19.0 Å². The van der Waals surface area contributed by atoms with Gasteiger partial charge in [0.25, 0.3) is 0 Å². The summed E-state index contributed by atoms with van der Waals surface area (Å²) in [4.78, 5) is 0. The van der Waals surface area contributed by atoms with E-state index in [1.807, 2.05) is 24.3 Å². The van der Waals surface area contributed by atoms with E-state index in [-0.39, 0.29) is 0 Å². The van der Waals surface area contributed by atoms with E-state index >= 15 is 0 Å². The Kier molecular flexibility index (Phi) is 4.62. The van der Waals surface area contributed by atoms with Gasteiger partial charge in [-0.1, -0.05) is 36.4 Å². The molecule has 0 aliphatic rings. The number of phenolic OH excluding ortho intramolecular Hbond substituents is 1. The summed E-state index contributed by atoms with van der Waals surface area (Å²) >= 11 is 5.74. The summed E-state index contributed by atoms with van der Waals surface area (Å²) in [6.45, 7) is 1.61. The minimum atomic E-state index is 0.301. The number of hydrogen-bond donors (Lipinski definition) is 2. The maximum Gasteiger partial charge on any atom is 0.115 e. The van der Waals surface area contributed by atoms with E-state index in [9.17, 15) is 5.11 Å². The molecule has 18 heavy (non-hydrogen) atoms. The lowest BCUT2D eigenvalue weighted by atomic mass is 10.1. The molecule has 0 spiro atoms. The average molecular weight is 262 g/mol. The molecule has 0 amide bonds. The Bertz CT molecular complexity index is 479. The monoisotopic (exact) mass is 261 g/mol. The van der Waals surface area contributed by atoms with Crippen molar-refractivity contribution in [3.8, 4) is 5.75 Å². The fraction of sp³-hybridized carbons (Fsp3) is 0.200. The summed E-state index contributed by atoms with van der Waals surface area (Å²) < 4.78 is 0. The number of alkyl halides is 1. The van der Waals surface area contributed by atoms with Crippen molar-refractivity contribution in [3.63, 3.8) is 0 Å². The molecule has 0 aliphatic carbocycles. The molecule has 0 saturated heterocycles. The topological polar surface area (TPSA) is 32.3 Å². The highest BCUT2D eigenvalue weighted by atomic mass is 35.5. The predicted octanol–water partition coefficient (Wildman–Crippen LogP) is 3.42. The molecule has 0 bridgehead atoms. The molecule has 2 nitrogen and oxygen atoms in total. The van der Waals surface area contributed by atoms with Gasteiger partial charge >= 0.3 is 0 Å². The number of hydrogen-bond acceptors (Lipinski definition) is 2. The third-order valence-electron chi connectivity index (χ3n) is 2.77. The molecule has 0 radical (unpaired) electrons. The van der Waals surface area contributed by atoms with Crippen molar-refractivity contribution in [1.82, 2.24) is 5.32 Å². The second-order valence-corrected chi connectivity index (χ2v) is 4.49. The second kappa shape index (κ2) is 6.43. The normalized spacial score (nSPS) is 10.5. The minimum Gasteiger partial charge on any atom is -0.508 e. The van der Waals surface area contributed by atoms with Gasteiger partial charge in [-0.05, 0) is 28.8 Å². The van der Waals surface area contributed by atoms with Crippen molar-refractivity contribution < 1.29 is 5.11 Å². The number of halogens is 1. The molecule has 0 aliphatic heterocycles. The van der Waals surface area contributed by atoms with E-state index in [0.29, 0.717) is 11.6 Å². The van der Waals surface area contributed by atoms with E-state index in [1.54, 1.807) is 12.1 Å². The first-order valence-electron chi connectivity index (χ1n) is 5.90. The van der Waals surface area contributed by atoms with Crippen LogP contribution in [0.1, 0.15) is 16.7 Å². The molecule has 0 aromatic heterocycles. The molecule has 2 rings (SSSR count). The highest BCUT2D eigenvalue weighted by Crippen LogP contribution is 2.10. The van der Waals surface area contributed by atoms with Gasteiger partial charge in [0.2, 0.25) is 0 Å². The average Bonchev–Trinajstić information content (AvgIpc) is 2.42. The van der Waals surface area contributed by atoms with E-state index in [0.717, 1.165) is 24.2 Å². The Morgan fingerprint density at radius 1 is 0.778 bits per heavy atom. The lowest BCUT2D eigenvalue weighted by molar-refractivity contribution is 0.475. The van der Waals surface area contributed by atoms with Crippen LogP contribution in [0.25, 0.3) is 0 Å². The first-order chi connectivity index (χ1) is 8.78. The molecular weight excluding hydrogens is 246 g/mol. The lowest BCUT2D eigenvalue weighted by Gasteiger charge is -2.06. The highest BCUT2D eigenvalue weighted by molar-refractivity contribution is 6.17. The van der Waals surface area contributed by atoms with Crippen LogP contribution in [0, 0.1) is 0 Å². The van der Waals surface area contributed by atoms with Crippen molar-refractivity contribution in [3.05, 3.63) is 65.2 Å². The summed E-state index contributed by atoms with van der Waals surface area (Å²) in [5.74, 6) is 0.858. The lowest BCUT2D eigenvalue weighted by Crippen LogP contribution is -2.12. The zero-order valence-corrected chi connectivity index (χ0v) is 10.8. The van der Waals surface area contributed by atoms with Crippen molar-refractivity contribution in [2.45, 2.75) is 19.0 Å². The summed E-state index contributed by atoms with van der Waals surface area (Å²) in [5.41, 5.74) is 3.53. The molecule has 2 N–H and O–H groups in total. The van der Waals surface area contributed by atoms with Crippen molar-refractivity contribution in [2.24, 2.45) is 0 Å². The van der Waals surface area contributed by atoms with Crippen molar-refractivity contribution >= 4 is 11.6 Å². The van der Waals surface area contributed by atoms with Crippen LogP contribution >= 0.6 is 11.6 Å². The number of rotatable bonds is 5. The van der Waals surface area contributed by atoms with Gasteiger partial charge in [0.1, 0.15) is 5.75 Å². The summed E-state index contributed by atoms with van der Waals surface area (Å²) in [7, 11) is 0. The van der Waals surface area contributed by atoms with E-state index in [2.05, 4.69) is 17.4 Å². The van der Waals surface area contributed by atoms with Gasteiger partial charge in [-0.15, -0.1) is 11.6 Å². The smallest absolute Gasteiger partial charge is 0.115 e. The van der Waals surface area contributed by atoms with Crippen LogP contribution < -0.4 is 5.32 Å². The van der Waals surface area contributed by atoms with Crippen LogP contribution in [-0.4, -0.2) is 5.11 Å². The number of nitrogens with one attached hydrogen (secondary N) is 1. The largest absolute Gasteiger partial charge is 0.508 e. The van der Waals surface area contributed by atoms with Gasteiger partial charge in [0.15, 0.2) is 0 Å². The Morgan fingerprint density at radius 2 is 1.22 bits per heavy atom. The van der Waals surface area contributed by atoms with Gasteiger partial charge in [-0.3, -0.25) is 0 Å². The standard InChI is InChI=1S/C15H16ClNO/c16-9-12-1-3-13(4-2-12)10-17-11-14-5-7-15(18)8-6-14/h1-8,17-18H,9-11H2.